The smallest absolute Gasteiger partial charge is 0.128 e. The molecule has 2 heterocycles. The molecule has 2 aromatic heterocycles. The Labute approximate surface area is 108 Å². The molecule has 0 spiro atoms. The van der Waals surface area contributed by atoms with Gasteiger partial charge >= 0.3 is 0 Å². The second-order valence-corrected chi connectivity index (χ2v) is 4.49. The lowest BCUT2D eigenvalue weighted by Crippen LogP contribution is -2.31. The van der Waals surface area contributed by atoms with Gasteiger partial charge in [-0.3, -0.25) is 0 Å². The number of anilines is 1. The maximum Gasteiger partial charge on any atom is 0.128 e. The summed E-state index contributed by atoms with van der Waals surface area (Å²) in [5.41, 5.74) is 0. The van der Waals surface area contributed by atoms with Gasteiger partial charge in [0.15, 0.2) is 0 Å². The highest BCUT2D eigenvalue weighted by Gasteiger charge is 2.10. The van der Waals surface area contributed by atoms with Crippen LogP contribution in [0.5, 0.6) is 0 Å². The summed E-state index contributed by atoms with van der Waals surface area (Å²) in [7, 11) is 4.15. The molecule has 18 heavy (non-hydrogen) atoms. The first-order chi connectivity index (χ1) is 8.75. The van der Waals surface area contributed by atoms with Gasteiger partial charge in [0.05, 0.1) is 12.8 Å². The number of nitrogens with zero attached hydrogens (tertiary/aromatic N) is 3. The van der Waals surface area contributed by atoms with Crippen LogP contribution in [-0.4, -0.2) is 37.1 Å². The minimum atomic E-state index is 0.748. The van der Waals surface area contributed by atoms with Crippen molar-refractivity contribution in [1.82, 2.24) is 9.88 Å². The Morgan fingerprint density at radius 2 is 2.00 bits per heavy atom. The topological polar surface area (TPSA) is 32.5 Å². The van der Waals surface area contributed by atoms with Gasteiger partial charge in [0.2, 0.25) is 0 Å². The average Bonchev–Trinajstić information content (AvgIpc) is 2.88. The van der Waals surface area contributed by atoms with Crippen LogP contribution < -0.4 is 4.90 Å². The molecular weight excluding hydrogens is 226 g/mol. The summed E-state index contributed by atoms with van der Waals surface area (Å²) in [4.78, 5) is 8.79. The fraction of sp³-hybridized carbons (Fsp3) is 0.357. The summed E-state index contributed by atoms with van der Waals surface area (Å²) in [6.07, 6.45) is 3.53. The van der Waals surface area contributed by atoms with E-state index < -0.39 is 0 Å². The second-order valence-electron chi connectivity index (χ2n) is 4.49. The monoisotopic (exact) mass is 245 g/mol. The number of hydrogen-bond donors (Lipinski definition) is 0. The molecule has 0 aliphatic rings. The fourth-order valence-electron chi connectivity index (χ4n) is 1.73. The van der Waals surface area contributed by atoms with Crippen LogP contribution in [0, 0.1) is 0 Å². The molecule has 2 rings (SSSR count). The van der Waals surface area contributed by atoms with Gasteiger partial charge in [0.1, 0.15) is 11.6 Å². The number of aromatic nitrogens is 1. The molecular formula is C14H19N3O. The minimum Gasteiger partial charge on any atom is -0.467 e. The van der Waals surface area contributed by atoms with Crippen molar-refractivity contribution in [3.63, 3.8) is 0 Å². The van der Waals surface area contributed by atoms with Gasteiger partial charge in [0.25, 0.3) is 0 Å². The minimum absolute atomic E-state index is 0.748. The van der Waals surface area contributed by atoms with Crippen LogP contribution in [0.1, 0.15) is 5.76 Å². The van der Waals surface area contributed by atoms with Crippen molar-refractivity contribution >= 4 is 5.82 Å². The maximum atomic E-state index is 5.41. The Morgan fingerprint density at radius 3 is 2.61 bits per heavy atom. The SMILES string of the molecule is CN(C)CCN(Cc1ccco1)c1ccccn1. The van der Waals surface area contributed by atoms with Gasteiger partial charge in [-0.2, -0.15) is 0 Å². The maximum absolute atomic E-state index is 5.41. The van der Waals surface area contributed by atoms with Crippen molar-refractivity contribution in [2.24, 2.45) is 0 Å². The molecule has 0 aromatic carbocycles. The molecule has 4 heteroatoms. The van der Waals surface area contributed by atoms with E-state index in [1.54, 1.807) is 6.26 Å². The lowest BCUT2D eigenvalue weighted by Gasteiger charge is -2.24. The first kappa shape index (κ1) is 12.6. The van der Waals surface area contributed by atoms with Crippen LogP contribution in [0.4, 0.5) is 5.82 Å². The lowest BCUT2D eigenvalue weighted by atomic mass is 10.3. The molecule has 2 aromatic rings. The summed E-state index contributed by atoms with van der Waals surface area (Å²) in [5.74, 6) is 1.94. The van der Waals surface area contributed by atoms with Crippen molar-refractivity contribution in [3.05, 3.63) is 48.6 Å². The number of likely N-dealkylation sites (N-methyl/N-ethyl adjacent to an activating group) is 1. The second kappa shape index (κ2) is 6.21. The van der Waals surface area contributed by atoms with E-state index in [2.05, 4.69) is 28.9 Å². The van der Waals surface area contributed by atoms with E-state index >= 15 is 0 Å². The van der Waals surface area contributed by atoms with Crippen molar-refractivity contribution < 1.29 is 4.42 Å². The van der Waals surface area contributed by atoms with Gasteiger partial charge < -0.3 is 14.2 Å². The van der Waals surface area contributed by atoms with Crippen molar-refractivity contribution in [2.45, 2.75) is 6.54 Å². The molecule has 96 valence electrons. The highest BCUT2D eigenvalue weighted by molar-refractivity contribution is 5.38. The quantitative estimate of drug-likeness (QED) is 0.781. The molecule has 0 saturated carbocycles. The molecule has 0 bridgehead atoms. The highest BCUT2D eigenvalue weighted by atomic mass is 16.3. The largest absolute Gasteiger partial charge is 0.467 e. The van der Waals surface area contributed by atoms with E-state index in [-0.39, 0.29) is 0 Å². The van der Waals surface area contributed by atoms with E-state index in [9.17, 15) is 0 Å². The standard InChI is InChI=1S/C14H19N3O/c1-16(2)9-10-17(12-13-6-5-11-18-13)14-7-3-4-8-15-14/h3-8,11H,9-10,12H2,1-2H3. The Kier molecular flexibility index (Phi) is 4.36. The number of pyridine rings is 1. The summed E-state index contributed by atoms with van der Waals surface area (Å²) in [6.45, 7) is 2.65. The zero-order valence-electron chi connectivity index (χ0n) is 10.9. The third-order valence-corrected chi connectivity index (χ3v) is 2.72. The van der Waals surface area contributed by atoms with E-state index in [0.717, 1.165) is 31.2 Å². The van der Waals surface area contributed by atoms with Crippen molar-refractivity contribution in [2.75, 3.05) is 32.1 Å². The van der Waals surface area contributed by atoms with Crippen LogP contribution in [-0.2, 0) is 6.54 Å². The Morgan fingerprint density at radius 1 is 1.11 bits per heavy atom. The molecule has 0 saturated heterocycles. The zero-order chi connectivity index (χ0) is 12.8. The molecule has 0 aliphatic heterocycles. The van der Waals surface area contributed by atoms with Crippen LogP contribution in [0.3, 0.4) is 0 Å². The van der Waals surface area contributed by atoms with Gasteiger partial charge in [-0.05, 0) is 38.4 Å². The van der Waals surface area contributed by atoms with Crippen LogP contribution in [0.25, 0.3) is 0 Å². The molecule has 0 N–H and O–H groups in total. The normalized spacial score (nSPS) is 10.8. The third kappa shape index (κ3) is 3.60. The van der Waals surface area contributed by atoms with E-state index in [4.69, 9.17) is 4.42 Å². The number of rotatable bonds is 6. The molecule has 0 radical (unpaired) electrons. The first-order valence-electron chi connectivity index (χ1n) is 6.09. The summed E-state index contributed by atoms with van der Waals surface area (Å²) in [5, 5.41) is 0. The predicted molar refractivity (Wildman–Crippen MR) is 72.5 cm³/mol. The zero-order valence-corrected chi connectivity index (χ0v) is 10.9. The van der Waals surface area contributed by atoms with Gasteiger partial charge in [-0.25, -0.2) is 4.98 Å². The molecule has 0 atom stereocenters. The molecule has 0 unspecified atom stereocenters. The predicted octanol–water partition coefficient (Wildman–Crippen LogP) is 2.24. The van der Waals surface area contributed by atoms with E-state index in [1.165, 1.54) is 0 Å². The first-order valence-corrected chi connectivity index (χ1v) is 6.09. The Hall–Kier alpha value is -1.81. The molecule has 0 fully saturated rings. The highest BCUT2D eigenvalue weighted by Crippen LogP contribution is 2.13. The van der Waals surface area contributed by atoms with Gasteiger partial charge in [-0.1, -0.05) is 6.07 Å². The Bertz CT molecular complexity index is 439. The third-order valence-electron chi connectivity index (χ3n) is 2.72. The summed E-state index contributed by atoms with van der Waals surface area (Å²) in [6, 6.07) is 9.87. The van der Waals surface area contributed by atoms with Crippen molar-refractivity contribution in [1.29, 1.82) is 0 Å². The van der Waals surface area contributed by atoms with Crippen LogP contribution >= 0.6 is 0 Å². The van der Waals surface area contributed by atoms with Gasteiger partial charge in [-0.15, -0.1) is 0 Å². The fourth-order valence-corrected chi connectivity index (χ4v) is 1.73. The number of furan rings is 1. The average molecular weight is 245 g/mol. The molecule has 0 aliphatic carbocycles. The van der Waals surface area contributed by atoms with E-state index in [0.29, 0.717) is 0 Å². The van der Waals surface area contributed by atoms with Crippen LogP contribution in [0.2, 0.25) is 0 Å². The molecule has 4 nitrogen and oxygen atoms in total. The van der Waals surface area contributed by atoms with Gasteiger partial charge in [0, 0.05) is 19.3 Å². The lowest BCUT2D eigenvalue weighted by molar-refractivity contribution is 0.407. The number of hydrogen-bond acceptors (Lipinski definition) is 4. The van der Waals surface area contributed by atoms with Crippen molar-refractivity contribution in [3.8, 4) is 0 Å². The summed E-state index contributed by atoms with van der Waals surface area (Å²) >= 11 is 0. The Balaban J connectivity index is 2.07. The van der Waals surface area contributed by atoms with Crippen LogP contribution in [0.15, 0.2) is 47.2 Å². The summed E-state index contributed by atoms with van der Waals surface area (Å²) < 4.78 is 5.41. The van der Waals surface area contributed by atoms with E-state index in [1.807, 2.05) is 36.5 Å². The molecule has 0 amide bonds.